The Labute approximate surface area is 245 Å². The number of hydrogen-bond acceptors (Lipinski definition) is 0. The molecule has 194 valence electrons. The molecule has 0 fully saturated rings. The Hall–Kier alpha value is -1.63. The van der Waals surface area contributed by atoms with Crippen LogP contribution in [0.1, 0.15) is 37.8 Å². The molecule has 0 saturated heterocycles. The Bertz CT molecular complexity index is 1640. The van der Waals surface area contributed by atoms with Gasteiger partial charge in [0.15, 0.2) is 0 Å². The van der Waals surface area contributed by atoms with Crippen molar-refractivity contribution < 1.29 is 15.7 Å². The van der Waals surface area contributed by atoms with E-state index in [4.69, 9.17) is 0 Å². The standard InChI is InChI=1S/2C16H13.2CH3.2ClH.GeH2.Zr/c2*1-12-9-10-14(11-12)16-8-4-6-13-5-2-3-7-15(13)16;;;;;;/h2*2-8,11H,10H2,1H3;2*1H3;2*1H;1H2;. The second kappa shape index (κ2) is 10.7. The summed E-state index contributed by atoms with van der Waals surface area (Å²) in [6.07, 6.45) is 7.27. The van der Waals surface area contributed by atoms with Crippen molar-refractivity contribution >= 4 is 69.6 Å². The first-order chi connectivity index (χ1) is 17.2. The molecule has 2 aliphatic rings. The summed E-state index contributed by atoms with van der Waals surface area (Å²) >= 11 is -1.87. The van der Waals surface area contributed by atoms with Gasteiger partial charge in [-0.05, 0) is 0 Å². The van der Waals surface area contributed by atoms with Crippen molar-refractivity contribution in [3.05, 3.63) is 126 Å². The number of hydrogen-bond donors (Lipinski definition) is 0. The zero-order valence-corrected chi connectivity index (χ0v) is 29.7. The van der Waals surface area contributed by atoms with Crippen molar-refractivity contribution in [3.8, 4) is 0 Å². The van der Waals surface area contributed by atoms with Crippen LogP contribution in [-0.4, -0.2) is 12.1 Å². The van der Waals surface area contributed by atoms with E-state index in [1.165, 1.54) is 56.0 Å². The van der Waals surface area contributed by atoms with Crippen LogP contribution in [0, 0.1) is 0 Å². The smallest absolute Gasteiger partial charge is 0.147 e. The SMILES string of the molecule is CC1=[C]([Zr]([CH3])([CH3])(=[GeH2])[C]2=C(C)C=C(c3cccc4ccccc34)C2)CC(c2cccc3ccccc23)=C1.Cl.Cl. The van der Waals surface area contributed by atoms with Gasteiger partial charge in [-0.15, -0.1) is 24.8 Å². The summed E-state index contributed by atoms with van der Waals surface area (Å²) in [5.74, 6) is 0. The Morgan fingerprint density at radius 1 is 0.553 bits per heavy atom. The van der Waals surface area contributed by atoms with Crippen molar-refractivity contribution in [3.63, 3.8) is 0 Å². The minimum Gasteiger partial charge on any atom is -0.147 e. The zero-order chi connectivity index (χ0) is 25.1. The molecular weight excluding hydrogens is 643 g/mol. The molecule has 0 amide bonds. The number of fused-ring (bicyclic) bond motifs is 2. The first-order valence-electron chi connectivity index (χ1n) is 13.1. The molecule has 0 saturated carbocycles. The monoisotopic (exact) mass is 678 g/mol. The topological polar surface area (TPSA) is 0 Å². The molecular formula is C34H36Cl2GeZr. The van der Waals surface area contributed by atoms with Crippen molar-refractivity contribution in [2.45, 2.75) is 36.0 Å². The predicted molar refractivity (Wildman–Crippen MR) is 173 cm³/mol. The van der Waals surface area contributed by atoms with Gasteiger partial charge in [0.25, 0.3) is 0 Å². The maximum absolute atomic E-state index is 3.28. The van der Waals surface area contributed by atoms with Crippen molar-refractivity contribution in [2.75, 3.05) is 0 Å². The predicted octanol–water partition coefficient (Wildman–Crippen LogP) is 9.99. The van der Waals surface area contributed by atoms with Gasteiger partial charge in [0, 0.05) is 0 Å². The maximum Gasteiger partial charge on any atom is -0.147 e. The van der Waals surface area contributed by atoms with E-state index in [1.807, 2.05) is 0 Å². The van der Waals surface area contributed by atoms with Crippen LogP contribution in [-0.2, 0) is 15.7 Å². The van der Waals surface area contributed by atoms with Crippen LogP contribution in [0.4, 0.5) is 0 Å². The molecule has 38 heavy (non-hydrogen) atoms. The van der Waals surface area contributed by atoms with Gasteiger partial charge in [0.05, 0.1) is 0 Å². The van der Waals surface area contributed by atoms with E-state index in [0.29, 0.717) is 0 Å². The Balaban J connectivity index is 0.00000168. The van der Waals surface area contributed by atoms with E-state index in [1.54, 1.807) is 17.7 Å². The van der Waals surface area contributed by atoms with Gasteiger partial charge in [-0.3, -0.25) is 0 Å². The summed E-state index contributed by atoms with van der Waals surface area (Å²) in [4.78, 5) is 0. The third-order valence-corrected chi connectivity index (χ3v) is 31.6. The Morgan fingerprint density at radius 2 is 0.921 bits per heavy atom. The average Bonchev–Trinajstić information content (AvgIpc) is 3.47. The molecule has 0 unspecified atom stereocenters. The molecule has 4 heteroatoms. The summed E-state index contributed by atoms with van der Waals surface area (Å²) in [6.45, 7) is 4.76. The first kappa shape index (κ1) is 29.4. The molecule has 0 aromatic heterocycles. The molecule has 4 aromatic carbocycles. The van der Waals surface area contributed by atoms with Gasteiger partial charge in [-0.25, -0.2) is 0 Å². The van der Waals surface area contributed by atoms with E-state index in [0.717, 1.165) is 12.8 Å². The fraction of sp³-hybridized carbons (Fsp3) is 0.176. The summed E-state index contributed by atoms with van der Waals surface area (Å²) in [5.41, 5.74) is 8.93. The van der Waals surface area contributed by atoms with Gasteiger partial charge < -0.3 is 0 Å². The molecule has 0 nitrogen and oxygen atoms in total. The fourth-order valence-corrected chi connectivity index (χ4v) is 28.0. The van der Waals surface area contributed by atoms with E-state index in [-0.39, 0.29) is 24.8 Å². The number of allylic oxidation sites excluding steroid dienone is 8. The summed E-state index contributed by atoms with van der Waals surface area (Å²) in [6, 6.07) is 31.2. The molecule has 4 aromatic rings. The Morgan fingerprint density at radius 3 is 1.34 bits per heavy atom. The van der Waals surface area contributed by atoms with Gasteiger partial charge in [-0.2, -0.15) is 0 Å². The third-order valence-electron chi connectivity index (χ3n) is 8.67. The van der Waals surface area contributed by atoms with Crippen LogP contribution in [0.5, 0.6) is 0 Å². The molecule has 0 spiro atoms. The van der Waals surface area contributed by atoms with Crippen LogP contribution < -0.4 is 0 Å². The fourth-order valence-electron chi connectivity index (χ4n) is 6.83. The Kier molecular flexibility index (Phi) is 8.29. The van der Waals surface area contributed by atoms with Gasteiger partial charge >= 0.3 is 222 Å². The molecule has 6 rings (SSSR count). The normalized spacial score (nSPS) is 15.9. The number of benzene rings is 4. The minimum absolute atomic E-state index is 0. The number of halogens is 2. The van der Waals surface area contributed by atoms with E-state index < -0.39 is 15.7 Å². The molecule has 0 radical (unpaired) electrons. The van der Waals surface area contributed by atoms with E-state index in [9.17, 15) is 0 Å². The molecule has 2 aliphatic carbocycles. The maximum atomic E-state index is 2.72. The second-order valence-corrected chi connectivity index (χ2v) is 54.3. The molecule has 0 heterocycles. The van der Waals surface area contributed by atoms with E-state index >= 15 is 0 Å². The molecule has 0 aliphatic heterocycles. The largest absolute Gasteiger partial charge is 0.147 e. The van der Waals surface area contributed by atoms with Crippen molar-refractivity contribution in [1.82, 2.24) is 0 Å². The van der Waals surface area contributed by atoms with Crippen LogP contribution in [0.15, 0.2) is 115 Å². The second-order valence-electron chi connectivity index (χ2n) is 11.8. The van der Waals surface area contributed by atoms with Crippen LogP contribution in [0.25, 0.3) is 32.7 Å². The van der Waals surface area contributed by atoms with Gasteiger partial charge in [0.2, 0.25) is 0 Å². The molecule has 0 atom stereocenters. The third kappa shape index (κ3) is 4.90. The molecule has 0 N–H and O–H groups in total. The van der Waals surface area contributed by atoms with Crippen LogP contribution in [0.3, 0.4) is 0 Å². The van der Waals surface area contributed by atoms with Crippen LogP contribution in [0.2, 0.25) is 9.26 Å². The van der Waals surface area contributed by atoms with Crippen molar-refractivity contribution in [1.29, 1.82) is 0 Å². The van der Waals surface area contributed by atoms with E-state index in [2.05, 4.69) is 120 Å². The van der Waals surface area contributed by atoms with Gasteiger partial charge in [-0.1, -0.05) is 0 Å². The van der Waals surface area contributed by atoms with Crippen LogP contribution >= 0.6 is 24.8 Å². The minimum atomic E-state index is -3.28. The zero-order valence-electron chi connectivity index (χ0n) is 22.7. The quantitative estimate of drug-likeness (QED) is 0.189. The number of rotatable bonds is 4. The average molecular weight is 679 g/mol. The summed E-state index contributed by atoms with van der Waals surface area (Å²) in [5, 5.41) is 5.43. The van der Waals surface area contributed by atoms with Crippen molar-refractivity contribution in [2.24, 2.45) is 0 Å². The summed E-state index contributed by atoms with van der Waals surface area (Å²) in [7, 11) is 0. The summed E-state index contributed by atoms with van der Waals surface area (Å²) < 4.78 is 9.06. The first-order valence-corrected chi connectivity index (χ1v) is 31.0. The van der Waals surface area contributed by atoms with Gasteiger partial charge in [0.1, 0.15) is 0 Å². The molecule has 0 bridgehead atoms.